The van der Waals surface area contributed by atoms with Crippen molar-refractivity contribution in [2.75, 3.05) is 7.11 Å². The number of ether oxygens (including phenoxy) is 1. The molecule has 1 saturated carbocycles. The minimum Gasteiger partial charge on any atom is -0.497 e. The van der Waals surface area contributed by atoms with E-state index in [1.807, 2.05) is 29.1 Å². The van der Waals surface area contributed by atoms with E-state index < -0.39 is 0 Å². The van der Waals surface area contributed by atoms with Gasteiger partial charge in [-0.25, -0.2) is 0 Å². The van der Waals surface area contributed by atoms with Gasteiger partial charge in [0.2, 0.25) is 5.91 Å². The summed E-state index contributed by atoms with van der Waals surface area (Å²) in [7, 11) is 1.65. The average Bonchev–Trinajstić information content (AvgIpc) is 2.96. The van der Waals surface area contributed by atoms with E-state index in [4.69, 9.17) is 4.74 Å². The number of benzene rings is 1. The van der Waals surface area contributed by atoms with Gasteiger partial charge >= 0.3 is 0 Å². The van der Waals surface area contributed by atoms with E-state index in [9.17, 15) is 4.79 Å². The Hall–Kier alpha value is -2.04. The standard InChI is InChI=1S/C17H23N3O2/c1-22-15-7-8-16-13(11-15)12-18-20(16)10-9-17(21)19-14-5-3-2-4-6-14/h7-8,11-12,14H,2-6,9-10H2,1H3,(H,19,21). The van der Waals surface area contributed by atoms with Crippen molar-refractivity contribution in [3.8, 4) is 5.75 Å². The van der Waals surface area contributed by atoms with E-state index in [0.29, 0.717) is 19.0 Å². The fourth-order valence-corrected chi connectivity index (χ4v) is 3.12. The topological polar surface area (TPSA) is 56.2 Å². The van der Waals surface area contributed by atoms with Gasteiger partial charge in [0, 0.05) is 17.8 Å². The lowest BCUT2D eigenvalue weighted by atomic mass is 9.95. The minimum absolute atomic E-state index is 0.129. The SMILES string of the molecule is COc1ccc2c(cnn2CCC(=O)NC2CCCCC2)c1. The summed E-state index contributed by atoms with van der Waals surface area (Å²) in [6.45, 7) is 0.606. The van der Waals surface area contributed by atoms with Gasteiger partial charge in [-0.05, 0) is 31.0 Å². The van der Waals surface area contributed by atoms with Crippen molar-refractivity contribution in [3.05, 3.63) is 24.4 Å². The lowest BCUT2D eigenvalue weighted by Gasteiger charge is -2.22. The Labute approximate surface area is 130 Å². The number of methoxy groups -OCH3 is 1. The van der Waals surface area contributed by atoms with Gasteiger partial charge in [-0.2, -0.15) is 5.10 Å². The number of hydrogen-bond donors (Lipinski definition) is 1. The predicted octanol–water partition coefficient (Wildman–Crippen LogP) is 2.88. The normalized spacial score (nSPS) is 15.9. The van der Waals surface area contributed by atoms with Crippen LogP contribution in [0.3, 0.4) is 0 Å². The maximum Gasteiger partial charge on any atom is 0.222 e. The molecule has 1 heterocycles. The summed E-state index contributed by atoms with van der Waals surface area (Å²) in [5.41, 5.74) is 1.03. The molecule has 1 aliphatic carbocycles. The van der Waals surface area contributed by atoms with Crippen molar-refractivity contribution >= 4 is 16.8 Å². The Morgan fingerprint density at radius 2 is 2.18 bits per heavy atom. The number of carbonyl (C=O) groups is 1. The van der Waals surface area contributed by atoms with E-state index in [-0.39, 0.29) is 5.91 Å². The van der Waals surface area contributed by atoms with Crippen LogP contribution in [0.1, 0.15) is 38.5 Å². The van der Waals surface area contributed by atoms with Gasteiger partial charge in [-0.1, -0.05) is 19.3 Å². The number of amides is 1. The van der Waals surface area contributed by atoms with Crippen molar-refractivity contribution in [1.29, 1.82) is 0 Å². The number of nitrogens with one attached hydrogen (secondary N) is 1. The molecule has 0 spiro atoms. The van der Waals surface area contributed by atoms with Gasteiger partial charge in [0.05, 0.1) is 25.4 Å². The first-order valence-corrected chi connectivity index (χ1v) is 8.05. The van der Waals surface area contributed by atoms with Gasteiger partial charge in [0.1, 0.15) is 5.75 Å². The third-order valence-electron chi connectivity index (χ3n) is 4.37. The molecule has 0 radical (unpaired) electrons. The van der Waals surface area contributed by atoms with Crippen LogP contribution in [0.5, 0.6) is 5.75 Å². The van der Waals surface area contributed by atoms with Crippen LogP contribution in [-0.2, 0) is 11.3 Å². The predicted molar refractivity (Wildman–Crippen MR) is 85.9 cm³/mol. The fraction of sp³-hybridized carbons (Fsp3) is 0.529. The molecular weight excluding hydrogens is 278 g/mol. The number of fused-ring (bicyclic) bond motifs is 1. The number of aryl methyl sites for hydroxylation is 1. The molecule has 1 aliphatic rings. The summed E-state index contributed by atoms with van der Waals surface area (Å²) < 4.78 is 7.10. The second kappa shape index (κ2) is 6.81. The van der Waals surface area contributed by atoms with Crippen LogP contribution in [-0.4, -0.2) is 28.8 Å². The highest BCUT2D eigenvalue weighted by atomic mass is 16.5. The lowest BCUT2D eigenvalue weighted by Crippen LogP contribution is -2.36. The molecule has 3 rings (SSSR count). The van der Waals surface area contributed by atoms with Crippen LogP contribution in [0.4, 0.5) is 0 Å². The maximum absolute atomic E-state index is 12.1. The third-order valence-corrected chi connectivity index (χ3v) is 4.37. The second-order valence-corrected chi connectivity index (χ2v) is 5.94. The molecule has 2 aromatic rings. The van der Waals surface area contributed by atoms with E-state index in [0.717, 1.165) is 29.5 Å². The second-order valence-electron chi connectivity index (χ2n) is 5.94. The fourth-order valence-electron chi connectivity index (χ4n) is 3.12. The molecule has 0 atom stereocenters. The van der Waals surface area contributed by atoms with Crippen LogP contribution in [0.2, 0.25) is 0 Å². The molecule has 0 bridgehead atoms. The Morgan fingerprint density at radius 3 is 2.95 bits per heavy atom. The molecule has 0 aliphatic heterocycles. The van der Waals surface area contributed by atoms with Crippen LogP contribution < -0.4 is 10.1 Å². The van der Waals surface area contributed by atoms with Crippen LogP contribution >= 0.6 is 0 Å². The van der Waals surface area contributed by atoms with Crippen molar-refractivity contribution in [1.82, 2.24) is 15.1 Å². The molecule has 0 saturated heterocycles. The molecule has 1 aromatic heterocycles. The van der Waals surface area contributed by atoms with Crippen LogP contribution in [0.15, 0.2) is 24.4 Å². The Balaban J connectivity index is 1.57. The van der Waals surface area contributed by atoms with E-state index in [2.05, 4.69) is 10.4 Å². The zero-order chi connectivity index (χ0) is 15.4. The minimum atomic E-state index is 0.129. The molecule has 1 fully saturated rings. The van der Waals surface area contributed by atoms with Crippen molar-refractivity contribution < 1.29 is 9.53 Å². The van der Waals surface area contributed by atoms with Crippen LogP contribution in [0.25, 0.3) is 10.9 Å². The Bertz CT molecular complexity index is 644. The molecule has 0 unspecified atom stereocenters. The molecule has 5 nitrogen and oxygen atoms in total. The molecule has 1 N–H and O–H groups in total. The molecule has 118 valence electrons. The first-order chi connectivity index (χ1) is 10.8. The summed E-state index contributed by atoms with van der Waals surface area (Å²) in [6.07, 6.45) is 8.30. The summed E-state index contributed by atoms with van der Waals surface area (Å²) in [4.78, 5) is 12.1. The van der Waals surface area contributed by atoms with E-state index in [1.54, 1.807) is 7.11 Å². The lowest BCUT2D eigenvalue weighted by molar-refractivity contribution is -0.122. The number of rotatable bonds is 5. The quantitative estimate of drug-likeness (QED) is 0.924. The first-order valence-electron chi connectivity index (χ1n) is 8.05. The molecule has 1 aromatic carbocycles. The monoisotopic (exact) mass is 301 g/mol. The van der Waals surface area contributed by atoms with Gasteiger partial charge < -0.3 is 10.1 Å². The highest BCUT2D eigenvalue weighted by molar-refractivity contribution is 5.80. The number of carbonyl (C=O) groups excluding carboxylic acids is 1. The average molecular weight is 301 g/mol. The van der Waals surface area contributed by atoms with Crippen molar-refractivity contribution in [2.45, 2.75) is 51.1 Å². The largest absolute Gasteiger partial charge is 0.497 e. The molecule has 1 amide bonds. The van der Waals surface area contributed by atoms with E-state index >= 15 is 0 Å². The Morgan fingerprint density at radius 1 is 1.36 bits per heavy atom. The third kappa shape index (κ3) is 3.40. The van der Waals surface area contributed by atoms with Gasteiger partial charge in [0.15, 0.2) is 0 Å². The van der Waals surface area contributed by atoms with Crippen molar-refractivity contribution in [3.63, 3.8) is 0 Å². The molecule has 22 heavy (non-hydrogen) atoms. The zero-order valence-electron chi connectivity index (χ0n) is 13.0. The summed E-state index contributed by atoms with van der Waals surface area (Å²) >= 11 is 0. The molecular formula is C17H23N3O2. The van der Waals surface area contributed by atoms with Crippen LogP contribution in [0, 0.1) is 0 Å². The molecule has 5 heteroatoms. The summed E-state index contributed by atoms with van der Waals surface area (Å²) in [5.74, 6) is 0.950. The smallest absolute Gasteiger partial charge is 0.222 e. The number of aromatic nitrogens is 2. The van der Waals surface area contributed by atoms with Gasteiger partial charge in [-0.3, -0.25) is 9.48 Å². The maximum atomic E-state index is 12.1. The van der Waals surface area contributed by atoms with Gasteiger partial charge in [-0.15, -0.1) is 0 Å². The zero-order valence-corrected chi connectivity index (χ0v) is 13.0. The van der Waals surface area contributed by atoms with Gasteiger partial charge in [0.25, 0.3) is 0 Å². The number of hydrogen-bond acceptors (Lipinski definition) is 3. The van der Waals surface area contributed by atoms with E-state index in [1.165, 1.54) is 19.3 Å². The highest BCUT2D eigenvalue weighted by Crippen LogP contribution is 2.21. The summed E-state index contributed by atoms with van der Waals surface area (Å²) in [5, 5.41) is 8.55. The Kier molecular flexibility index (Phi) is 4.61. The summed E-state index contributed by atoms with van der Waals surface area (Å²) in [6, 6.07) is 6.24. The number of nitrogens with zero attached hydrogens (tertiary/aromatic N) is 2. The first kappa shape index (κ1) is 14.9. The highest BCUT2D eigenvalue weighted by Gasteiger charge is 2.15. The van der Waals surface area contributed by atoms with Crippen molar-refractivity contribution in [2.24, 2.45) is 0 Å².